The molecule has 4 aromatic rings. The van der Waals surface area contributed by atoms with Gasteiger partial charge in [0, 0.05) is 6.07 Å². The van der Waals surface area contributed by atoms with Gasteiger partial charge in [0.2, 0.25) is 0 Å². The van der Waals surface area contributed by atoms with E-state index in [0.717, 1.165) is 5.56 Å². The molecule has 156 valence electrons. The van der Waals surface area contributed by atoms with E-state index < -0.39 is 16.1 Å². The number of rotatable bonds is 5. The van der Waals surface area contributed by atoms with Crippen molar-refractivity contribution >= 4 is 27.1 Å². The molecule has 3 aromatic carbocycles. The third-order valence-corrected chi connectivity index (χ3v) is 5.86. The molecule has 0 fully saturated rings. The number of carbonyl (C=O) groups excluding carboxylic acids is 1. The minimum Gasteiger partial charge on any atom is -0.465 e. The van der Waals surface area contributed by atoms with E-state index in [1.165, 1.54) is 55.8 Å². The molecule has 7 nitrogen and oxygen atoms in total. The van der Waals surface area contributed by atoms with Gasteiger partial charge in [-0.2, -0.15) is 8.42 Å². The predicted molar refractivity (Wildman–Crippen MR) is 114 cm³/mol. The van der Waals surface area contributed by atoms with Crippen molar-refractivity contribution in [2.24, 2.45) is 0 Å². The quantitative estimate of drug-likeness (QED) is 0.344. The van der Waals surface area contributed by atoms with Gasteiger partial charge >= 0.3 is 16.1 Å². The number of hydrogen-bond donors (Lipinski definition) is 0. The van der Waals surface area contributed by atoms with E-state index in [1.807, 2.05) is 18.2 Å². The Hall–Kier alpha value is -3.91. The van der Waals surface area contributed by atoms with Gasteiger partial charge in [-0.1, -0.05) is 30.3 Å². The number of esters is 1. The molecular formula is C23H16O7S. The summed E-state index contributed by atoms with van der Waals surface area (Å²) in [4.78, 5) is 24.2. The van der Waals surface area contributed by atoms with Gasteiger partial charge in [-0.05, 0) is 42.0 Å². The van der Waals surface area contributed by atoms with E-state index in [-0.39, 0.29) is 27.2 Å². The Balaban J connectivity index is 1.64. The molecule has 0 aliphatic carbocycles. The van der Waals surface area contributed by atoms with E-state index in [0.29, 0.717) is 10.9 Å². The van der Waals surface area contributed by atoms with Crippen LogP contribution in [0.5, 0.6) is 5.75 Å². The van der Waals surface area contributed by atoms with Crippen molar-refractivity contribution in [1.82, 2.24) is 0 Å². The van der Waals surface area contributed by atoms with Crippen LogP contribution in [0, 0.1) is 0 Å². The first kappa shape index (κ1) is 20.4. The van der Waals surface area contributed by atoms with Crippen molar-refractivity contribution in [3.05, 3.63) is 94.8 Å². The standard InChI is InChI=1S/C23H16O7S/c1-28-23(25)16-7-10-18(11-8-16)31(26,27)30-17-9-12-19-21(13-17)29-14-20(22(19)24)15-5-3-2-4-6-15/h2-14H,1H3. The van der Waals surface area contributed by atoms with Crippen LogP contribution in [-0.2, 0) is 14.9 Å². The van der Waals surface area contributed by atoms with E-state index in [2.05, 4.69) is 4.74 Å². The molecule has 0 spiro atoms. The summed E-state index contributed by atoms with van der Waals surface area (Å²) in [6.07, 6.45) is 1.34. The van der Waals surface area contributed by atoms with Crippen molar-refractivity contribution in [3.8, 4) is 16.9 Å². The fourth-order valence-corrected chi connectivity index (χ4v) is 3.95. The average Bonchev–Trinajstić information content (AvgIpc) is 2.79. The van der Waals surface area contributed by atoms with Gasteiger partial charge < -0.3 is 13.3 Å². The summed E-state index contributed by atoms with van der Waals surface area (Å²) in [6, 6.07) is 18.4. The Labute approximate surface area is 177 Å². The van der Waals surface area contributed by atoms with Crippen LogP contribution in [-0.4, -0.2) is 21.5 Å². The maximum absolute atomic E-state index is 12.8. The molecule has 0 amide bonds. The van der Waals surface area contributed by atoms with Crippen molar-refractivity contribution in [1.29, 1.82) is 0 Å². The molecular weight excluding hydrogens is 420 g/mol. The Kier molecular flexibility index (Phi) is 5.31. The normalized spacial score (nSPS) is 11.3. The second-order valence-electron chi connectivity index (χ2n) is 6.56. The molecule has 31 heavy (non-hydrogen) atoms. The topological polar surface area (TPSA) is 99.9 Å². The molecule has 0 saturated heterocycles. The molecule has 0 saturated carbocycles. The first-order chi connectivity index (χ1) is 14.9. The average molecular weight is 436 g/mol. The highest BCUT2D eigenvalue weighted by molar-refractivity contribution is 7.87. The van der Waals surface area contributed by atoms with Gasteiger partial charge in [-0.15, -0.1) is 0 Å². The molecule has 0 atom stereocenters. The summed E-state index contributed by atoms with van der Waals surface area (Å²) < 4.78 is 40.5. The van der Waals surface area contributed by atoms with Crippen LogP contribution >= 0.6 is 0 Å². The predicted octanol–water partition coefficient (Wildman–Crippen LogP) is 4.01. The molecule has 0 unspecified atom stereocenters. The molecule has 0 bridgehead atoms. The molecule has 0 N–H and O–H groups in total. The second-order valence-corrected chi connectivity index (χ2v) is 8.10. The summed E-state index contributed by atoms with van der Waals surface area (Å²) in [5, 5.41) is 0.300. The number of fused-ring (bicyclic) bond motifs is 1. The highest BCUT2D eigenvalue weighted by Gasteiger charge is 2.19. The van der Waals surface area contributed by atoms with Gasteiger partial charge in [-0.3, -0.25) is 4.79 Å². The molecule has 1 heterocycles. The molecule has 0 aliphatic heterocycles. The number of hydrogen-bond acceptors (Lipinski definition) is 7. The Morgan fingerprint density at radius 1 is 0.935 bits per heavy atom. The van der Waals surface area contributed by atoms with Crippen LogP contribution in [0.4, 0.5) is 0 Å². The smallest absolute Gasteiger partial charge is 0.339 e. The number of carbonyl (C=O) groups is 1. The minimum atomic E-state index is -4.16. The van der Waals surface area contributed by atoms with Crippen molar-refractivity contribution in [2.75, 3.05) is 7.11 Å². The zero-order valence-electron chi connectivity index (χ0n) is 16.3. The maximum Gasteiger partial charge on any atom is 0.339 e. The summed E-state index contributed by atoms with van der Waals surface area (Å²) in [5.74, 6) is -0.593. The summed E-state index contributed by atoms with van der Waals surface area (Å²) in [7, 11) is -2.93. The highest BCUT2D eigenvalue weighted by atomic mass is 32.2. The first-order valence-electron chi connectivity index (χ1n) is 9.13. The van der Waals surface area contributed by atoms with Crippen LogP contribution in [0.2, 0.25) is 0 Å². The largest absolute Gasteiger partial charge is 0.465 e. The van der Waals surface area contributed by atoms with Crippen molar-refractivity contribution < 1.29 is 26.5 Å². The SMILES string of the molecule is COC(=O)c1ccc(S(=O)(=O)Oc2ccc3c(=O)c(-c4ccccc4)coc3c2)cc1. The highest BCUT2D eigenvalue weighted by Crippen LogP contribution is 2.25. The lowest BCUT2D eigenvalue weighted by Gasteiger charge is -2.09. The van der Waals surface area contributed by atoms with E-state index in [9.17, 15) is 18.0 Å². The molecule has 0 radical (unpaired) electrons. The number of benzene rings is 3. The lowest BCUT2D eigenvalue weighted by atomic mass is 10.1. The summed E-state index contributed by atoms with van der Waals surface area (Å²) in [5.41, 5.74) is 1.29. The van der Waals surface area contributed by atoms with Crippen LogP contribution in [0.1, 0.15) is 10.4 Å². The van der Waals surface area contributed by atoms with E-state index in [1.54, 1.807) is 12.1 Å². The third-order valence-electron chi connectivity index (χ3n) is 4.60. The second kappa shape index (κ2) is 8.08. The van der Waals surface area contributed by atoms with Gasteiger partial charge in [0.1, 0.15) is 22.5 Å². The van der Waals surface area contributed by atoms with Crippen molar-refractivity contribution in [3.63, 3.8) is 0 Å². The first-order valence-corrected chi connectivity index (χ1v) is 10.5. The van der Waals surface area contributed by atoms with Gasteiger partial charge in [0.15, 0.2) is 5.43 Å². The van der Waals surface area contributed by atoms with Crippen LogP contribution in [0.15, 0.2) is 93.2 Å². The fourth-order valence-electron chi connectivity index (χ4n) is 3.03. The van der Waals surface area contributed by atoms with Crippen molar-refractivity contribution in [2.45, 2.75) is 4.90 Å². The van der Waals surface area contributed by atoms with E-state index in [4.69, 9.17) is 8.60 Å². The summed E-state index contributed by atoms with van der Waals surface area (Å²) >= 11 is 0. The molecule has 8 heteroatoms. The lowest BCUT2D eigenvalue weighted by Crippen LogP contribution is -2.11. The monoisotopic (exact) mass is 436 g/mol. The molecule has 4 rings (SSSR count). The molecule has 1 aromatic heterocycles. The molecule has 0 aliphatic rings. The maximum atomic E-state index is 12.8. The lowest BCUT2D eigenvalue weighted by molar-refractivity contribution is 0.0600. The zero-order valence-corrected chi connectivity index (χ0v) is 17.1. The van der Waals surface area contributed by atoms with Crippen LogP contribution < -0.4 is 9.61 Å². The summed E-state index contributed by atoms with van der Waals surface area (Å²) in [6.45, 7) is 0. The number of methoxy groups -OCH3 is 1. The number of ether oxygens (including phenoxy) is 1. The van der Waals surface area contributed by atoms with Gasteiger partial charge in [0.05, 0.1) is 23.6 Å². The minimum absolute atomic E-state index is 0.0137. The Morgan fingerprint density at radius 2 is 1.65 bits per heavy atom. The van der Waals surface area contributed by atoms with Crippen LogP contribution in [0.25, 0.3) is 22.1 Å². The van der Waals surface area contributed by atoms with Gasteiger partial charge in [0.25, 0.3) is 0 Å². The van der Waals surface area contributed by atoms with E-state index >= 15 is 0 Å². The Morgan fingerprint density at radius 3 is 2.32 bits per heavy atom. The fraction of sp³-hybridized carbons (Fsp3) is 0.0435. The zero-order chi connectivity index (χ0) is 22.0. The van der Waals surface area contributed by atoms with Crippen LogP contribution in [0.3, 0.4) is 0 Å². The Bertz CT molecular complexity index is 1420. The third kappa shape index (κ3) is 4.06. The van der Waals surface area contributed by atoms with Gasteiger partial charge in [-0.25, -0.2) is 4.79 Å².